The van der Waals surface area contributed by atoms with Gasteiger partial charge in [0.25, 0.3) is 6.26 Å². The Kier molecular flexibility index (Phi) is 2.37. The number of ether oxygens (including phenoxy) is 1. The number of rotatable bonds is 1. The van der Waals surface area contributed by atoms with E-state index in [9.17, 15) is 5.11 Å². The summed E-state index contributed by atoms with van der Waals surface area (Å²) in [6, 6.07) is 4.61. The SMILES string of the molecule is Cc1c(O)ccc(OC#N)c1C#N. The van der Waals surface area contributed by atoms with Crippen LogP contribution in [-0.2, 0) is 0 Å². The van der Waals surface area contributed by atoms with Gasteiger partial charge in [0.05, 0.1) is 0 Å². The standard InChI is InChI=1S/C9H6N2O2/c1-6-7(4-10)9(13-5-11)3-2-8(6)12/h2-3,12H,1H3. The number of benzene rings is 1. The van der Waals surface area contributed by atoms with Gasteiger partial charge in [-0.2, -0.15) is 5.26 Å². The molecule has 0 aromatic heterocycles. The fourth-order valence-electron chi connectivity index (χ4n) is 0.949. The smallest absolute Gasteiger partial charge is 0.292 e. The molecule has 13 heavy (non-hydrogen) atoms. The summed E-state index contributed by atoms with van der Waals surface area (Å²) < 4.78 is 4.54. The van der Waals surface area contributed by atoms with Crippen molar-refractivity contribution in [3.63, 3.8) is 0 Å². The summed E-state index contributed by atoms with van der Waals surface area (Å²) >= 11 is 0. The maximum atomic E-state index is 9.23. The molecule has 0 aliphatic heterocycles. The lowest BCUT2D eigenvalue weighted by Crippen LogP contribution is -1.90. The lowest BCUT2D eigenvalue weighted by molar-refractivity contribution is 0.464. The highest BCUT2D eigenvalue weighted by atomic mass is 16.5. The van der Waals surface area contributed by atoms with E-state index in [1.807, 2.05) is 6.07 Å². The molecule has 0 amide bonds. The zero-order valence-electron chi connectivity index (χ0n) is 6.90. The zero-order valence-corrected chi connectivity index (χ0v) is 6.90. The Bertz CT molecular complexity index is 413. The molecule has 4 heteroatoms. The molecule has 0 aliphatic rings. The van der Waals surface area contributed by atoms with E-state index in [0.717, 1.165) is 0 Å². The van der Waals surface area contributed by atoms with Crippen molar-refractivity contribution in [2.75, 3.05) is 0 Å². The molecule has 4 nitrogen and oxygen atoms in total. The first kappa shape index (κ1) is 8.89. The molecular formula is C9H6N2O2. The predicted molar refractivity (Wildman–Crippen MR) is 43.8 cm³/mol. The van der Waals surface area contributed by atoms with E-state index in [0.29, 0.717) is 5.56 Å². The summed E-state index contributed by atoms with van der Waals surface area (Å²) in [4.78, 5) is 0. The minimum Gasteiger partial charge on any atom is -0.508 e. The molecule has 0 unspecified atom stereocenters. The molecule has 1 N–H and O–H groups in total. The first-order valence-corrected chi connectivity index (χ1v) is 3.49. The Morgan fingerprint density at radius 1 is 1.38 bits per heavy atom. The van der Waals surface area contributed by atoms with Crippen molar-refractivity contribution in [2.45, 2.75) is 6.92 Å². The van der Waals surface area contributed by atoms with Crippen LogP contribution in [0.4, 0.5) is 0 Å². The van der Waals surface area contributed by atoms with Crippen LogP contribution in [0.2, 0.25) is 0 Å². The van der Waals surface area contributed by atoms with Crippen molar-refractivity contribution in [2.24, 2.45) is 0 Å². The Balaban J connectivity index is 3.34. The molecule has 0 fully saturated rings. The van der Waals surface area contributed by atoms with Crippen LogP contribution in [-0.4, -0.2) is 5.11 Å². The highest BCUT2D eigenvalue weighted by Crippen LogP contribution is 2.27. The summed E-state index contributed by atoms with van der Waals surface area (Å²) in [5.74, 6) is 0.183. The number of phenolic OH excluding ortho intramolecular Hbond substituents is 1. The lowest BCUT2D eigenvalue weighted by atomic mass is 10.1. The summed E-state index contributed by atoms with van der Waals surface area (Å²) in [7, 11) is 0. The first-order chi connectivity index (χ1) is 6.20. The molecule has 0 saturated heterocycles. The van der Waals surface area contributed by atoms with E-state index in [2.05, 4.69) is 4.74 Å². The average Bonchev–Trinajstić information content (AvgIpc) is 2.12. The van der Waals surface area contributed by atoms with E-state index >= 15 is 0 Å². The topological polar surface area (TPSA) is 77.0 Å². The van der Waals surface area contributed by atoms with E-state index in [-0.39, 0.29) is 17.1 Å². The van der Waals surface area contributed by atoms with Gasteiger partial charge in [-0.05, 0) is 19.1 Å². The van der Waals surface area contributed by atoms with E-state index in [1.165, 1.54) is 18.4 Å². The van der Waals surface area contributed by atoms with Crippen LogP contribution in [0.15, 0.2) is 12.1 Å². The Morgan fingerprint density at radius 2 is 2.08 bits per heavy atom. The predicted octanol–water partition coefficient (Wildman–Crippen LogP) is 1.43. The summed E-state index contributed by atoms with van der Waals surface area (Å²) in [6.45, 7) is 1.58. The fraction of sp³-hybridized carbons (Fsp3) is 0.111. The second-order valence-corrected chi connectivity index (χ2v) is 2.39. The normalized spacial score (nSPS) is 8.54. The molecule has 1 aromatic carbocycles. The van der Waals surface area contributed by atoms with Gasteiger partial charge in [-0.15, -0.1) is 5.26 Å². The van der Waals surface area contributed by atoms with Gasteiger partial charge in [-0.3, -0.25) is 0 Å². The molecule has 0 bridgehead atoms. The van der Waals surface area contributed by atoms with E-state index in [1.54, 1.807) is 6.92 Å². The number of nitriles is 2. The molecule has 0 aliphatic carbocycles. The van der Waals surface area contributed by atoms with Crippen LogP contribution in [0.3, 0.4) is 0 Å². The molecule has 0 atom stereocenters. The third kappa shape index (κ3) is 1.52. The maximum Gasteiger partial charge on any atom is 0.292 e. The largest absolute Gasteiger partial charge is 0.508 e. The highest BCUT2D eigenvalue weighted by molar-refractivity contribution is 5.54. The number of phenols is 1. The van der Waals surface area contributed by atoms with Gasteiger partial charge < -0.3 is 9.84 Å². The van der Waals surface area contributed by atoms with Gasteiger partial charge in [0, 0.05) is 5.56 Å². The van der Waals surface area contributed by atoms with Crippen LogP contribution < -0.4 is 4.74 Å². The lowest BCUT2D eigenvalue weighted by Gasteiger charge is -2.03. The molecular weight excluding hydrogens is 168 g/mol. The van der Waals surface area contributed by atoms with Crippen LogP contribution in [0.25, 0.3) is 0 Å². The quantitative estimate of drug-likeness (QED) is 0.653. The van der Waals surface area contributed by atoms with Crippen molar-refractivity contribution >= 4 is 0 Å². The average molecular weight is 174 g/mol. The second kappa shape index (κ2) is 3.46. The van der Waals surface area contributed by atoms with Gasteiger partial charge in [0.1, 0.15) is 17.4 Å². The summed E-state index contributed by atoms with van der Waals surface area (Å²) in [5.41, 5.74) is 0.594. The number of hydrogen-bond acceptors (Lipinski definition) is 4. The van der Waals surface area contributed by atoms with Gasteiger partial charge in [-0.1, -0.05) is 0 Å². The van der Waals surface area contributed by atoms with Gasteiger partial charge >= 0.3 is 0 Å². The fourth-order valence-corrected chi connectivity index (χ4v) is 0.949. The number of hydrogen-bond donors (Lipinski definition) is 1. The third-order valence-electron chi connectivity index (χ3n) is 1.67. The van der Waals surface area contributed by atoms with Crippen LogP contribution in [0, 0.1) is 29.8 Å². The van der Waals surface area contributed by atoms with Crippen LogP contribution >= 0.6 is 0 Å². The van der Waals surface area contributed by atoms with Gasteiger partial charge in [0.15, 0.2) is 5.75 Å². The third-order valence-corrected chi connectivity index (χ3v) is 1.67. The molecule has 0 saturated carbocycles. The van der Waals surface area contributed by atoms with Crippen molar-refractivity contribution in [1.82, 2.24) is 0 Å². The van der Waals surface area contributed by atoms with Crippen LogP contribution in [0.5, 0.6) is 11.5 Å². The van der Waals surface area contributed by atoms with Crippen molar-refractivity contribution in [3.8, 4) is 23.8 Å². The monoisotopic (exact) mass is 174 g/mol. The van der Waals surface area contributed by atoms with Crippen LogP contribution in [0.1, 0.15) is 11.1 Å². The number of nitrogens with zero attached hydrogens (tertiary/aromatic N) is 2. The van der Waals surface area contributed by atoms with Crippen molar-refractivity contribution in [3.05, 3.63) is 23.3 Å². The molecule has 0 heterocycles. The van der Waals surface area contributed by atoms with Crippen molar-refractivity contribution in [1.29, 1.82) is 10.5 Å². The number of aromatic hydroxyl groups is 1. The Hall–Kier alpha value is -2.20. The minimum atomic E-state index is 0.0156. The minimum absolute atomic E-state index is 0.0156. The van der Waals surface area contributed by atoms with Crippen molar-refractivity contribution < 1.29 is 9.84 Å². The zero-order chi connectivity index (χ0) is 9.84. The first-order valence-electron chi connectivity index (χ1n) is 3.49. The highest BCUT2D eigenvalue weighted by Gasteiger charge is 2.09. The van der Waals surface area contributed by atoms with E-state index in [4.69, 9.17) is 10.5 Å². The summed E-state index contributed by atoms with van der Waals surface area (Å²) in [5, 5.41) is 26.2. The molecule has 1 rings (SSSR count). The molecule has 0 spiro atoms. The molecule has 0 radical (unpaired) electrons. The van der Waals surface area contributed by atoms with Gasteiger partial charge in [0.2, 0.25) is 0 Å². The maximum absolute atomic E-state index is 9.23. The van der Waals surface area contributed by atoms with Gasteiger partial charge in [-0.25, -0.2) is 0 Å². The second-order valence-electron chi connectivity index (χ2n) is 2.39. The molecule has 1 aromatic rings. The Labute approximate surface area is 75.2 Å². The Morgan fingerprint density at radius 3 is 2.62 bits per heavy atom. The summed E-state index contributed by atoms with van der Waals surface area (Å²) in [6.07, 6.45) is 1.47. The van der Waals surface area contributed by atoms with E-state index < -0.39 is 0 Å². The molecule has 64 valence electrons.